The van der Waals surface area contributed by atoms with Gasteiger partial charge in [-0.25, -0.2) is 0 Å². The van der Waals surface area contributed by atoms with E-state index in [4.69, 9.17) is 5.73 Å². The zero-order valence-corrected chi connectivity index (χ0v) is 7.67. The lowest BCUT2D eigenvalue weighted by atomic mass is 10.1. The lowest BCUT2D eigenvalue weighted by Crippen LogP contribution is -2.31. The van der Waals surface area contributed by atoms with Gasteiger partial charge in [-0.1, -0.05) is 13.8 Å². The predicted molar refractivity (Wildman–Crippen MR) is 49.8 cm³/mol. The van der Waals surface area contributed by atoms with Gasteiger partial charge < -0.3 is 5.73 Å². The zero-order chi connectivity index (χ0) is 8.69. The number of likely N-dealkylation sites (N-methyl/N-ethyl adjacent to an activating group) is 1. The number of nitrogens with zero attached hydrogens (tertiary/aromatic N) is 1. The van der Waals surface area contributed by atoms with Crippen LogP contribution in [0.15, 0.2) is 4.99 Å². The third kappa shape index (κ3) is 4.93. The summed E-state index contributed by atoms with van der Waals surface area (Å²) in [5.74, 6) is 0.553. The largest absolute Gasteiger partial charge is 0.327 e. The minimum atomic E-state index is 0.0870. The summed E-state index contributed by atoms with van der Waals surface area (Å²) in [5, 5.41) is 3.01. The number of nitrogens with two attached hydrogens (primary N) is 1. The first-order chi connectivity index (χ1) is 5.24. The molecule has 11 heavy (non-hydrogen) atoms. The second kappa shape index (κ2) is 6.31. The fraction of sp³-hybridized carbons (Fsp3) is 0.875. The van der Waals surface area contributed by atoms with E-state index in [1.807, 2.05) is 13.3 Å². The van der Waals surface area contributed by atoms with Crippen LogP contribution < -0.4 is 11.1 Å². The molecule has 0 bridgehead atoms. The zero-order valence-electron chi connectivity index (χ0n) is 7.67. The van der Waals surface area contributed by atoms with Gasteiger partial charge in [0.15, 0.2) is 0 Å². The molecule has 2 atom stereocenters. The van der Waals surface area contributed by atoms with Crippen molar-refractivity contribution in [1.82, 2.24) is 5.32 Å². The summed E-state index contributed by atoms with van der Waals surface area (Å²) in [5.41, 5.74) is 5.43. The summed E-state index contributed by atoms with van der Waals surface area (Å²) >= 11 is 0. The van der Waals surface area contributed by atoms with Crippen molar-refractivity contribution in [2.24, 2.45) is 16.6 Å². The number of aliphatic imine (C=N–C) groups is 1. The number of hydrogen-bond acceptors (Lipinski definition) is 3. The van der Waals surface area contributed by atoms with Crippen molar-refractivity contribution in [3.05, 3.63) is 0 Å². The molecule has 0 aromatic carbocycles. The maximum atomic E-state index is 5.43. The molecule has 0 spiro atoms. The monoisotopic (exact) mass is 157 g/mol. The highest BCUT2D eigenvalue weighted by Gasteiger charge is 1.98. The molecule has 0 rings (SSSR count). The predicted octanol–water partition coefficient (Wildman–Crippen LogP) is 0.608. The molecule has 3 nitrogen and oxygen atoms in total. The summed E-state index contributed by atoms with van der Waals surface area (Å²) in [7, 11) is 1.87. The molecule has 0 aliphatic carbocycles. The van der Waals surface area contributed by atoms with Crippen LogP contribution in [0.4, 0.5) is 0 Å². The van der Waals surface area contributed by atoms with Gasteiger partial charge in [0.25, 0.3) is 0 Å². The lowest BCUT2D eigenvalue weighted by Gasteiger charge is -2.08. The van der Waals surface area contributed by atoms with E-state index in [-0.39, 0.29) is 6.17 Å². The van der Waals surface area contributed by atoms with Crippen LogP contribution in [0.2, 0.25) is 0 Å². The van der Waals surface area contributed by atoms with Crippen molar-refractivity contribution in [2.45, 2.75) is 26.4 Å². The molecule has 0 aromatic heterocycles. The maximum Gasteiger partial charge on any atom is 0.111 e. The van der Waals surface area contributed by atoms with Gasteiger partial charge in [0.05, 0.1) is 0 Å². The molecule has 0 saturated carbocycles. The normalized spacial score (nSPS) is 17.1. The van der Waals surface area contributed by atoms with Crippen LogP contribution in [0.5, 0.6) is 0 Å². The number of nitrogens with one attached hydrogen (secondary N) is 1. The molecular weight excluding hydrogens is 138 g/mol. The van der Waals surface area contributed by atoms with Crippen LogP contribution in [0, 0.1) is 5.92 Å². The van der Waals surface area contributed by atoms with Crippen LogP contribution in [0.1, 0.15) is 20.3 Å². The van der Waals surface area contributed by atoms with Crippen molar-refractivity contribution in [2.75, 3.05) is 13.6 Å². The fourth-order valence-electron chi connectivity index (χ4n) is 0.609. The molecular formula is C8H19N3. The van der Waals surface area contributed by atoms with E-state index in [0.717, 1.165) is 6.42 Å². The van der Waals surface area contributed by atoms with Gasteiger partial charge in [0.2, 0.25) is 0 Å². The Morgan fingerprint density at radius 3 is 2.64 bits per heavy atom. The Labute approximate surface area is 69.1 Å². The van der Waals surface area contributed by atoms with E-state index in [2.05, 4.69) is 24.2 Å². The van der Waals surface area contributed by atoms with E-state index < -0.39 is 0 Å². The maximum absolute atomic E-state index is 5.43. The van der Waals surface area contributed by atoms with Crippen LogP contribution in [-0.2, 0) is 0 Å². The lowest BCUT2D eigenvalue weighted by molar-refractivity contribution is 0.593. The summed E-state index contributed by atoms with van der Waals surface area (Å²) in [4.78, 5) is 4.27. The van der Waals surface area contributed by atoms with Gasteiger partial charge in [-0.05, 0) is 19.4 Å². The van der Waals surface area contributed by atoms with Crippen molar-refractivity contribution < 1.29 is 0 Å². The second-order valence-corrected chi connectivity index (χ2v) is 2.72. The van der Waals surface area contributed by atoms with Crippen LogP contribution in [0.3, 0.4) is 0 Å². The average molecular weight is 157 g/mol. The van der Waals surface area contributed by atoms with Gasteiger partial charge >= 0.3 is 0 Å². The van der Waals surface area contributed by atoms with Crippen molar-refractivity contribution in [1.29, 1.82) is 0 Å². The molecule has 0 heterocycles. The quantitative estimate of drug-likeness (QED) is 0.574. The van der Waals surface area contributed by atoms with E-state index in [1.54, 1.807) is 0 Å². The Balaban J connectivity index is 3.68. The molecule has 0 fully saturated rings. The van der Waals surface area contributed by atoms with Crippen molar-refractivity contribution >= 4 is 6.21 Å². The smallest absolute Gasteiger partial charge is 0.111 e. The van der Waals surface area contributed by atoms with Crippen LogP contribution in [-0.4, -0.2) is 26.0 Å². The van der Waals surface area contributed by atoms with Gasteiger partial charge in [-0.3, -0.25) is 10.3 Å². The SMILES string of the molecule is CCC(C)C=NC(CN)NC. The van der Waals surface area contributed by atoms with Gasteiger partial charge in [-0.15, -0.1) is 0 Å². The number of rotatable bonds is 5. The highest BCUT2D eigenvalue weighted by molar-refractivity contribution is 5.60. The summed E-state index contributed by atoms with van der Waals surface area (Å²) in [6.45, 7) is 4.85. The van der Waals surface area contributed by atoms with Gasteiger partial charge in [0.1, 0.15) is 6.17 Å². The molecule has 2 unspecified atom stereocenters. The minimum Gasteiger partial charge on any atom is -0.327 e. The highest BCUT2D eigenvalue weighted by atomic mass is 15.1. The summed E-state index contributed by atoms with van der Waals surface area (Å²) in [6.07, 6.45) is 3.18. The van der Waals surface area contributed by atoms with Crippen molar-refractivity contribution in [3.8, 4) is 0 Å². The Kier molecular flexibility index (Phi) is 6.07. The molecule has 0 aliphatic heterocycles. The topological polar surface area (TPSA) is 50.4 Å². The van der Waals surface area contributed by atoms with Crippen LogP contribution >= 0.6 is 0 Å². The molecule has 0 amide bonds. The fourth-order valence-corrected chi connectivity index (χ4v) is 0.609. The van der Waals surface area contributed by atoms with E-state index >= 15 is 0 Å². The Hall–Kier alpha value is -0.410. The van der Waals surface area contributed by atoms with E-state index in [0.29, 0.717) is 12.5 Å². The summed E-state index contributed by atoms with van der Waals surface area (Å²) < 4.78 is 0. The number of hydrogen-bond donors (Lipinski definition) is 2. The first-order valence-electron chi connectivity index (χ1n) is 4.15. The molecule has 0 saturated heterocycles. The van der Waals surface area contributed by atoms with E-state index in [1.165, 1.54) is 0 Å². The van der Waals surface area contributed by atoms with Crippen molar-refractivity contribution in [3.63, 3.8) is 0 Å². The molecule has 0 aromatic rings. The van der Waals surface area contributed by atoms with Crippen LogP contribution in [0.25, 0.3) is 0 Å². The highest BCUT2D eigenvalue weighted by Crippen LogP contribution is 1.96. The first-order valence-corrected chi connectivity index (χ1v) is 4.15. The first kappa shape index (κ1) is 10.6. The average Bonchev–Trinajstić information content (AvgIpc) is 2.06. The minimum absolute atomic E-state index is 0.0870. The molecule has 3 heteroatoms. The molecule has 0 radical (unpaired) electrons. The molecule has 0 aliphatic rings. The van der Waals surface area contributed by atoms with Gasteiger partial charge in [-0.2, -0.15) is 0 Å². The Bertz CT molecular complexity index is 108. The Morgan fingerprint density at radius 2 is 2.27 bits per heavy atom. The third-order valence-corrected chi connectivity index (χ3v) is 1.72. The standard InChI is InChI=1S/C8H19N3/c1-4-7(2)6-11-8(5-9)10-3/h6-8,10H,4-5,9H2,1-3H3. The third-order valence-electron chi connectivity index (χ3n) is 1.72. The summed E-state index contributed by atoms with van der Waals surface area (Å²) in [6, 6.07) is 0. The molecule has 66 valence electrons. The van der Waals surface area contributed by atoms with Gasteiger partial charge in [0, 0.05) is 12.8 Å². The van der Waals surface area contributed by atoms with E-state index in [9.17, 15) is 0 Å². The molecule has 3 N–H and O–H groups in total. The second-order valence-electron chi connectivity index (χ2n) is 2.72. The Morgan fingerprint density at radius 1 is 1.64 bits per heavy atom.